The molecule has 1 aromatic heterocycles. The van der Waals surface area contributed by atoms with Gasteiger partial charge in [0.1, 0.15) is 0 Å². The molecule has 0 radical (unpaired) electrons. The van der Waals surface area contributed by atoms with E-state index in [1.807, 2.05) is 19.1 Å². The van der Waals surface area contributed by atoms with Gasteiger partial charge in [0.05, 0.1) is 0 Å². The van der Waals surface area contributed by atoms with E-state index in [0.717, 1.165) is 32.6 Å². The Labute approximate surface area is 114 Å². The van der Waals surface area contributed by atoms with Gasteiger partial charge in [0.2, 0.25) is 5.96 Å². The molecular weight excluding hydrogens is 242 g/mol. The van der Waals surface area contributed by atoms with Crippen LogP contribution in [0, 0.1) is 0 Å². The summed E-state index contributed by atoms with van der Waals surface area (Å²) in [7, 11) is 0. The zero-order valence-corrected chi connectivity index (χ0v) is 11.4. The summed E-state index contributed by atoms with van der Waals surface area (Å²) in [4.78, 5) is 8.30. The van der Waals surface area contributed by atoms with Gasteiger partial charge >= 0.3 is 0 Å². The molecule has 0 aliphatic carbocycles. The molecular formula is C13H23N5O. The maximum atomic E-state index is 5.41. The van der Waals surface area contributed by atoms with Crippen LogP contribution in [0.2, 0.25) is 0 Å². The van der Waals surface area contributed by atoms with E-state index in [1.54, 1.807) is 12.4 Å². The number of nitrogens with zero attached hydrogens (tertiary/aromatic N) is 2. The van der Waals surface area contributed by atoms with Crippen LogP contribution in [0.5, 0.6) is 0 Å². The number of hydrazine groups is 1. The molecule has 1 heterocycles. The fraction of sp³-hybridized carbons (Fsp3) is 0.538. The van der Waals surface area contributed by atoms with Crippen molar-refractivity contribution in [3.8, 4) is 0 Å². The fourth-order valence-electron chi connectivity index (χ4n) is 1.53. The van der Waals surface area contributed by atoms with E-state index >= 15 is 0 Å². The Morgan fingerprint density at radius 2 is 2.21 bits per heavy atom. The number of ether oxygens (including phenoxy) is 1. The number of rotatable bonds is 8. The minimum atomic E-state index is 0.616. The molecule has 0 bridgehead atoms. The number of guanidine groups is 1. The number of nitrogens with two attached hydrogens (primary N) is 1. The van der Waals surface area contributed by atoms with Crippen LogP contribution in [-0.2, 0) is 11.2 Å². The molecule has 1 aromatic rings. The third-order valence-electron chi connectivity index (χ3n) is 2.51. The van der Waals surface area contributed by atoms with Crippen molar-refractivity contribution in [3.63, 3.8) is 0 Å². The maximum absolute atomic E-state index is 5.41. The molecule has 1 rings (SSSR count). The van der Waals surface area contributed by atoms with E-state index in [0.29, 0.717) is 12.5 Å². The monoisotopic (exact) mass is 265 g/mol. The first-order valence-corrected chi connectivity index (χ1v) is 6.58. The lowest BCUT2D eigenvalue weighted by Gasteiger charge is -2.09. The molecule has 0 spiro atoms. The van der Waals surface area contributed by atoms with E-state index in [1.165, 1.54) is 5.56 Å². The Hall–Kier alpha value is -1.66. The molecule has 0 saturated carbocycles. The largest absolute Gasteiger partial charge is 0.382 e. The van der Waals surface area contributed by atoms with E-state index in [4.69, 9.17) is 10.6 Å². The summed E-state index contributed by atoms with van der Waals surface area (Å²) < 4.78 is 5.24. The number of hydrogen-bond donors (Lipinski definition) is 3. The van der Waals surface area contributed by atoms with Gasteiger partial charge in [-0.25, -0.2) is 5.84 Å². The fourth-order valence-corrected chi connectivity index (χ4v) is 1.53. The lowest BCUT2D eigenvalue weighted by atomic mass is 10.2. The topological polar surface area (TPSA) is 84.6 Å². The highest BCUT2D eigenvalue weighted by Gasteiger charge is 1.96. The van der Waals surface area contributed by atoms with Crippen molar-refractivity contribution in [1.29, 1.82) is 0 Å². The zero-order valence-electron chi connectivity index (χ0n) is 11.4. The van der Waals surface area contributed by atoms with E-state index < -0.39 is 0 Å². The number of aromatic nitrogens is 1. The minimum Gasteiger partial charge on any atom is -0.382 e. The third kappa shape index (κ3) is 7.38. The van der Waals surface area contributed by atoms with Gasteiger partial charge in [0.25, 0.3) is 0 Å². The van der Waals surface area contributed by atoms with Gasteiger partial charge in [-0.2, -0.15) is 0 Å². The summed E-state index contributed by atoms with van der Waals surface area (Å²) in [5.74, 6) is 6.02. The summed E-state index contributed by atoms with van der Waals surface area (Å²) in [6.45, 7) is 4.93. The van der Waals surface area contributed by atoms with Crippen molar-refractivity contribution in [2.24, 2.45) is 10.8 Å². The minimum absolute atomic E-state index is 0.616. The highest BCUT2D eigenvalue weighted by atomic mass is 16.5. The van der Waals surface area contributed by atoms with Crippen molar-refractivity contribution in [2.75, 3.05) is 26.3 Å². The van der Waals surface area contributed by atoms with Crippen molar-refractivity contribution in [2.45, 2.75) is 19.8 Å². The highest BCUT2D eigenvalue weighted by Crippen LogP contribution is 1.95. The van der Waals surface area contributed by atoms with E-state index in [-0.39, 0.29) is 0 Å². The Morgan fingerprint density at radius 1 is 1.42 bits per heavy atom. The molecule has 0 atom stereocenters. The van der Waals surface area contributed by atoms with Gasteiger partial charge in [0, 0.05) is 38.7 Å². The average Bonchev–Trinajstić information content (AvgIpc) is 2.46. The molecule has 0 unspecified atom stereocenters. The Balaban J connectivity index is 2.19. The third-order valence-corrected chi connectivity index (χ3v) is 2.51. The molecule has 0 fully saturated rings. The van der Waals surface area contributed by atoms with Gasteiger partial charge < -0.3 is 10.1 Å². The van der Waals surface area contributed by atoms with Crippen molar-refractivity contribution < 1.29 is 4.74 Å². The van der Waals surface area contributed by atoms with Crippen LogP contribution in [0.15, 0.2) is 29.5 Å². The second kappa shape index (κ2) is 10.3. The van der Waals surface area contributed by atoms with Gasteiger partial charge in [-0.15, -0.1) is 0 Å². The molecule has 0 aliphatic rings. The molecule has 0 aromatic carbocycles. The average molecular weight is 265 g/mol. The second-order valence-corrected chi connectivity index (χ2v) is 3.96. The Bertz CT molecular complexity index is 355. The smallest absolute Gasteiger partial charge is 0.205 e. The SMILES string of the molecule is CCOCCCN=C(NN)NCCc1ccncc1. The first-order valence-electron chi connectivity index (χ1n) is 6.58. The first kappa shape index (κ1) is 15.4. The normalized spacial score (nSPS) is 11.4. The summed E-state index contributed by atoms with van der Waals surface area (Å²) in [6, 6.07) is 3.99. The number of aliphatic imine (C=N–C) groups is 1. The van der Waals surface area contributed by atoms with Gasteiger partial charge in [0.15, 0.2) is 0 Å². The molecule has 19 heavy (non-hydrogen) atoms. The highest BCUT2D eigenvalue weighted by molar-refractivity contribution is 5.79. The van der Waals surface area contributed by atoms with Gasteiger partial charge in [-0.3, -0.25) is 15.4 Å². The quantitative estimate of drug-likeness (QED) is 0.209. The maximum Gasteiger partial charge on any atom is 0.205 e. The Morgan fingerprint density at radius 3 is 2.89 bits per heavy atom. The van der Waals surface area contributed by atoms with E-state index in [9.17, 15) is 0 Å². The summed E-state index contributed by atoms with van der Waals surface area (Å²) in [5.41, 5.74) is 3.80. The molecule has 0 amide bonds. The number of pyridine rings is 1. The molecule has 0 saturated heterocycles. The lowest BCUT2D eigenvalue weighted by Crippen LogP contribution is -2.42. The van der Waals surface area contributed by atoms with Crippen LogP contribution in [0.1, 0.15) is 18.9 Å². The molecule has 0 aliphatic heterocycles. The standard InChI is InChI=1S/C13H23N5O/c1-2-19-11-3-7-16-13(18-14)17-10-6-12-4-8-15-9-5-12/h4-5,8-9H,2-3,6-7,10-11,14H2,1H3,(H2,16,17,18). The van der Waals surface area contributed by atoms with Crippen LogP contribution >= 0.6 is 0 Å². The summed E-state index contributed by atoms with van der Waals surface area (Å²) in [5, 5.41) is 3.16. The predicted molar refractivity (Wildman–Crippen MR) is 76.7 cm³/mol. The zero-order chi connectivity index (χ0) is 13.8. The van der Waals surface area contributed by atoms with Crippen molar-refractivity contribution >= 4 is 5.96 Å². The number of hydrogen-bond acceptors (Lipinski definition) is 4. The van der Waals surface area contributed by atoms with Crippen LogP contribution in [-0.4, -0.2) is 37.2 Å². The van der Waals surface area contributed by atoms with Crippen LogP contribution in [0.4, 0.5) is 0 Å². The summed E-state index contributed by atoms with van der Waals surface area (Å²) in [6.07, 6.45) is 5.38. The number of nitrogens with one attached hydrogen (secondary N) is 2. The van der Waals surface area contributed by atoms with Gasteiger partial charge in [-0.05, 0) is 37.5 Å². The Kier molecular flexibility index (Phi) is 8.33. The predicted octanol–water partition coefficient (Wildman–Crippen LogP) is 0.460. The lowest BCUT2D eigenvalue weighted by molar-refractivity contribution is 0.146. The first-order chi connectivity index (χ1) is 9.36. The van der Waals surface area contributed by atoms with Crippen molar-refractivity contribution in [1.82, 2.24) is 15.7 Å². The van der Waals surface area contributed by atoms with Crippen LogP contribution < -0.4 is 16.6 Å². The van der Waals surface area contributed by atoms with Gasteiger partial charge in [-0.1, -0.05) is 0 Å². The molecule has 4 N–H and O–H groups in total. The van der Waals surface area contributed by atoms with E-state index in [2.05, 4.69) is 20.7 Å². The summed E-state index contributed by atoms with van der Waals surface area (Å²) >= 11 is 0. The molecule has 6 heteroatoms. The second-order valence-electron chi connectivity index (χ2n) is 3.96. The van der Waals surface area contributed by atoms with Crippen molar-refractivity contribution in [3.05, 3.63) is 30.1 Å². The van der Waals surface area contributed by atoms with Crippen LogP contribution in [0.3, 0.4) is 0 Å². The van der Waals surface area contributed by atoms with Crippen LogP contribution in [0.25, 0.3) is 0 Å². The molecule has 106 valence electrons. The molecule has 6 nitrogen and oxygen atoms in total.